The first-order valence-corrected chi connectivity index (χ1v) is 11.2. The number of ether oxygens (including phenoxy) is 2. The minimum Gasteiger partial charge on any atom is -0.497 e. The molecule has 3 aromatic rings. The third-order valence-electron chi connectivity index (χ3n) is 6.64. The minimum absolute atomic E-state index is 0.242. The predicted octanol–water partition coefficient (Wildman–Crippen LogP) is 4.95. The molecule has 2 aliphatic heterocycles. The molecule has 0 spiro atoms. The van der Waals surface area contributed by atoms with Crippen molar-refractivity contribution in [3.63, 3.8) is 0 Å². The van der Waals surface area contributed by atoms with Gasteiger partial charge in [0.25, 0.3) is 0 Å². The molecule has 0 aliphatic carbocycles. The quantitative estimate of drug-likeness (QED) is 0.581. The number of para-hydroxylation sites is 1. The smallest absolute Gasteiger partial charge is 0.325 e. The summed E-state index contributed by atoms with van der Waals surface area (Å²) in [5.41, 5.74) is 2.89. The Balaban J connectivity index is 1.63. The number of aryl methyl sites for hydroxylation is 2. The molecule has 1 fully saturated rings. The Morgan fingerprint density at radius 3 is 2.56 bits per heavy atom. The maximum absolute atomic E-state index is 13.9. The summed E-state index contributed by atoms with van der Waals surface area (Å²) in [6.07, 6.45) is 0. The van der Waals surface area contributed by atoms with Gasteiger partial charge in [0.1, 0.15) is 17.4 Å². The van der Waals surface area contributed by atoms with Gasteiger partial charge in [-0.1, -0.05) is 35.9 Å². The van der Waals surface area contributed by atoms with E-state index in [9.17, 15) is 9.59 Å². The highest BCUT2D eigenvalue weighted by Crippen LogP contribution is 2.50. The molecule has 0 aromatic heterocycles. The Morgan fingerprint density at radius 2 is 1.85 bits per heavy atom. The van der Waals surface area contributed by atoms with Crippen LogP contribution in [0.2, 0.25) is 0 Å². The van der Waals surface area contributed by atoms with Crippen LogP contribution >= 0.6 is 0 Å². The van der Waals surface area contributed by atoms with Crippen molar-refractivity contribution in [2.75, 3.05) is 17.3 Å². The molecule has 7 nitrogen and oxygen atoms in total. The molecule has 2 heterocycles. The van der Waals surface area contributed by atoms with Crippen LogP contribution in [0, 0.1) is 19.8 Å². The lowest BCUT2D eigenvalue weighted by molar-refractivity contribution is -0.131. The molecule has 3 aromatic carbocycles. The van der Waals surface area contributed by atoms with E-state index >= 15 is 0 Å². The monoisotopic (exact) mass is 457 g/mol. The number of carbonyl (C=O) groups excluding carboxylic acids is 2. The van der Waals surface area contributed by atoms with E-state index in [1.54, 1.807) is 14.0 Å². The number of rotatable bonds is 4. The van der Waals surface area contributed by atoms with Gasteiger partial charge in [0.05, 0.1) is 13.2 Å². The number of nitrogens with one attached hydrogen (secondary N) is 2. The van der Waals surface area contributed by atoms with Crippen molar-refractivity contribution in [3.8, 4) is 11.5 Å². The van der Waals surface area contributed by atoms with Crippen LogP contribution in [0.5, 0.6) is 11.5 Å². The highest BCUT2D eigenvalue weighted by Gasteiger charge is 2.60. The lowest BCUT2D eigenvalue weighted by Gasteiger charge is -2.54. The zero-order valence-corrected chi connectivity index (χ0v) is 19.6. The number of carbonyl (C=O) groups is 2. The van der Waals surface area contributed by atoms with Crippen LogP contribution < -0.4 is 25.0 Å². The van der Waals surface area contributed by atoms with Crippen LogP contribution in [0.4, 0.5) is 16.2 Å². The molecule has 3 amide bonds. The molecule has 7 heteroatoms. The predicted molar refractivity (Wildman–Crippen MR) is 130 cm³/mol. The molecule has 2 aliphatic rings. The number of urea groups is 1. The van der Waals surface area contributed by atoms with Gasteiger partial charge in [0, 0.05) is 16.9 Å². The van der Waals surface area contributed by atoms with E-state index < -0.39 is 17.7 Å². The van der Waals surface area contributed by atoms with Gasteiger partial charge in [0.15, 0.2) is 0 Å². The van der Waals surface area contributed by atoms with Crippen LogP contribution in [-0.2, 0) is 4.79 Å². The number of amides is 3. The topological polar surface area (TPSA) is 79.9 Å². The lowest BCUT2D eigenvalue weighted by atomic mass is 9.78. The summed E-state index contributed by atoms with van der Waals surface area (Å²) in [6, 6.07) is 19.6. The molecule has 0 unspecified atom stereocenters. The highest BCUT2D eigenvalue weighted by molar-refractivity contribution is 6.01. The molecule has 0 saturated carbocycles. The van der Waals surface area contributed by atoms with E-state index in [2.05, 4.69) is 10.6 Å². The Bertz CT molecular complexity index is 1280. The molecule has 2 bridgehead atoms. The van der Waals surface area contributed by atoms with E-state index in [0.717, 1.165) is 16.8 Å². The Morgan fingerprint density at radius 1 is 1.09 bits per heavy atom. The molecule has 3 atom stereocenters. The maximum atomic E-state index is 13.9. The number of hydrogen-bond acceptors (Lipinski definition) is 4. The average molecular weight is 458 g/mol. The van der Waals surface area contributed by atoms with Gasteiger partial charge in [-0.2, -0.15) is 0 Å². The molecule has 1 saturated heterocycles. The van der Waals surface area contributed by atoms with Gasteiger partial charge in [0.2, 0.25) is 11.6 Å². The summed E-state index contributed by atoms with van der Waals surface area (Å²) in [5, 5.41) is 6.14. The Kier molecular flexibility index (Phi) is 5.20. The first-order valence-electron chi connectivity index (χ1n) is 11.2. The third kappa shape index (κ3) is 3.44. The summed E-state index contributed by atoms with van der Waals surface area (Å²) in [5.74, 6) is 0.239. The maximum Gasteiger partial charge on any atom is 0.325 e. The molecular weight excluding hydrogens is 430 g/mol. The minimum atomic E-state index is -1.27. The first-order chi connectivity index (χ1) is 16.3. The highest BCUT2D eigenvalue weighted by atomic mass is 16.5. The van der Waals surface area contributed by atoms with Gasteiger partial charge in [-0.05, 0) is 62.7 Å². The van der Waals surface area contributed by atoms with Gasteiger partial charge in [-0.3, -0.25) is 9.69 Å². The number of benzene rings is 3. The Labute approximate surface area is 198 Å². The summed E-state index contributed by atoms with van der Waals surface area (Å²) >= 11 is 0. The summed E-state index contributed by atoms with van der Waals surface area (Å²) in [7, 11) is 1.58. The van der Waals surface area contributed by atoms with Crippen LogP contribution in [0.25, 0.3) is 0 Å². The number of methoxy groups -OCH3 is 1. The standard InChI is InChI=1S/C27H27N3O4/c1-16-10-12-21(17(2)14-16)28-25(31)23-24-20-15-19(33-4)11-13-22(20)34-27(23,3)30(26(32)29-24)18-8-6-5-7-9-18/h5-15,23-24H,1-4H3,(H,28,31)(H,29,32)/t23-,24+,27-/m0/s1. The van der Waals surface area contributed by atoms with E-state index in [4.69, 9.17) is 9.47 Å². The zero-order chi connectivity index (χ0) is 24.0. The van der Waals surface area contributed by atoms with E-state index in [0.29, 0.717) is 22.7 Å². The SMILES string of the molecule is COc1ccc2c(c1)[C@H]1NC(=O)N(c3ccccc3)[C@@](C)(O2)[C@@H]1C(=O)Nc1ccc(C)cc1C. The molecule has 5 rings (SSSR count). The normalized spacial score (nSPS) is 22.8. The van der Waals surface area contributed by atoms with Crippen LogP contribution in [-0.4, -0.2) is 24.8 Å². The molecule has 174 valence electrons. The van der Waals surface area contributed by atoms with Gasteiger partial charge >= 0.3 is 6.03 Å². The van der Waals surface area contributed by atoms with Crippen LogP contribution in [0.1, 0.15) is 29.7 Å². The van der Waals surface area contributed by atoms with E-state index in [-0.39, 0.29) is 11.9 Å². The van der Waals surface area contributed by atoms with Crippen molar-refractivity contribution in [2.24, 2.45) is 5.92 Å². The van der Waals surface area contributed by atoms with Crippen molar-refractivity contribution < 1.29 is 19.1 Å². The molecule has 2 N–H and O–H groups in total. The van der Waals surface area contributed by atoms with Gasteiger partial charge in [-0.15, -0.1) is 0 Å². The Hall–Kier alpha value is -4.00. The largest absolute Gasteiger partial charge is 0.497 e. The summed E-state index contributed by atoms with van der Waals surface area (Å²) in [6.45, 7) is 5.77. The fourth-order valence-electron chi connectivity index (χ4n) is 5.02. The fourth-order valence-corrected chi connectivity index (χ4v) is 5.02. The molecule has 34 heavy (non-hydrogen) atoms. The second kappa shape index (κ2) is 8.09. The van der Waals surface area contributed by atoms with Crippen molar-refractivity contribution in [1.29, 1.82) is 0 Å². The lowest BCUT2D eigenvalue weighted by Crippen LogP contribution is -2.72. The molecular formula is C27H27N3O4. The van der Waals surface area contributed by atoms with Crippen LogP contribution in [0.15, 0.2) is 66.7 Å². The number of nitrogens with zero attached hydrogens (tertiary/aromatic N) is 1. The number of hydrogen-bond donors (Lipinski definition) is 2. The first kappa shape index (κ1) is 21.8. The zero-order valence-electron chi connectivity index (χ0n) is 19.6. The van der Waals surface area contributed by atoms with Crippen molar-refractivity contribution in [1.82, 2.24) is 5.32 Å². The summed E-state index contributed by atoms with van der Waals surface area (Å²) < 4.78 is 11.9. The van der Waals surface area contributed by atoms with Crippen molar-refractivity contribution in [2.45, 2.75) is 32.5 Å². The second-order valence-corrected chi connectivity index (χ2v) is 8.94. The summed E-state index contributed by atoms with van der Waals surface area (Å²) in [4.78, 5) is 28.8. The third-order valence-corrected chi connectivity index (χ3v) is 6.64. The fraction of sp³-hybridized carbons (Fsp3) is 0.259. The second-order valence-electron chi connectivity index (χ2n) is 8.94. The van der Waals surface area contributed by atoms with Crippen LogP contribution in [0.3, 0.4) is 0 Å². The van der Waals surface area contributed by atoms with Gasteiger partial charge in [-0.25, -0.2) is 4.79 Å². The average Bonchev–Trinajstić information content (AvgIpc) is 2.80. The number of fused-ring (bicyclic) bond motifs is 4. The van der Waals surface area contributed by atoms with E-state index in [1.807, 2.05) is 80.6 Å². The number of anilines is 2. The van der Waals surface area contributed by atoms with E-state index in [1.165, 1.54) is 4.90 Å². The van der Waals surface area contributed by atoms with Gasteiger partial charge < -0.3 is 20.1 Å². The van der Waals surface area contributed by atoms with Crippen molar-refractivity contribution in [3.05, 3.63) is 83.4 Å². The molecule has 0 radical (unpaired) electrons. The van der Waals surface area contributed by atoms with Crippen molar-refractivity contribution >= 4 is 23.3 Å².